The molecule has 15 heavy (non-hydrogen) atoms. The maximum atomic E-state index is 5.69. The lowest BCUT2D eigenvalue weighted by atomic mass is 10.2. The molecule has 0 amide bonds. The summed E-state index contributed by atoms with van der Waals surface area (Å²) >= 11 is 1.85. The fourth-order valence-corrected chi connectivity index (χ4v) is 2.27. The SMILES string of the molecule is COc1ccc(CN)c(SCC(C)C)c1. The second kappa shape index (κ2) is 6.03. The standard InChI is InChI=1S/C12H19NOS/c1-9(2)8-15-12-6-11(14-3)5-4-10(12)7-13/h4-6,9H,7-8,13H2,1-3H3. The van der Waals surface area contributed by atoms with Gasteiger partial charge in [-0.05, 0) is 23.6 Å². The van der Waals surface area contributed by atoms with E-state index in [0.717, 1.165) is 11.5 Å². The number of thioether (sulfide) groups is 1. The van der Waals surface area contributed by atoms with E-state index >= 15 is 0 Å². The van der Waals surface area contributed by atoms with Crippen LogP contribution < -0.4 is 10.5 Å². The van der Waals surface area contributed by atoms with Crippen LogP contribution in [0.4, 0.5) is 0 Å². The van der Waals surface area contributed by atoms with Gasteiger partial charge in [-0.3, -0.25) is 0 Å². The number of hydrogen-bond donors (Lipinski definition) is 1. The third-order valence-corrected chi connectivity index (χ3v) is 3.59. The molecule has 1 rings (SSSR count). The van der Waals surface area contributed by atoms with Gasteiger partial charge in [-0.25, -0.2) is 0 Å². The van der Waals surface area contributed by atoms with Crippen molar-refractivity contribution in [2.75, 3.05) is 12.9 Å². The van der Waals surface area contributed by atoms with E-state index in [0.29, 0.717) is 12.5 Å². The van der Waals surface area contributed by atoms with Crippen molar-refractivity contribution in [1.29, 1.82) is 0 Å². The first kappa shape index (κ1) is 12.4. The second-order valence-corrected chi connectivity index (χ2v) is 4.94. The van der Waals surface area contributed by atoms with Gasteiger partial charge in [0.1, 0.15) is 5.75 Å². The quantitative estimate of drug-likeness (QED) is 0.783. The molecule has 0 saturated carbocycles. The van der Waals surface area contributed by atoms with Gasteiger partial charge in [-0.15, -0.1) is 11.8 Å². The normalized spacial score (nSPS) is 10.7. The first-order valence-corrected chi connectivity index (χ1v) is 6.15. The summed E-state index contributed by atoms with van der Waals surface area (Å²) in [7, 11) is 1.69. The van der Waals surface area contributed by atoms with Crippen LogP contribution in [0.15, 0.2) is 23.1 Å². The topological polar surface area (TPSA) is 35.2 Å². The summed E-state index contributed by atoms with van der Waals surface area (Å²) in [5.41, 5.74) is 6.89. The smallest absolute Gasteiger partial charge is 0.119 e. The summed E-state index contributed by atoms with van der Waals surface area (Å²) in [4.78, 5) is 1.24. The highest BCUT2D eigenvalue weighted by Gasteiger charge is 2.05. The fraction of sp³-hybridized carbons (Fsp3) is 0.500. The second-order valence-electron chi connectivity index (χ2n) is 3.88. The van der Waals surface area contributed by atoms with Gasteiger partial charge in [0.25, 0.3) is 0 Å². The number of hydrogen-bond acceptors (Lipinski definition) is 3. The predicted molar refractivity (Wildman–Crippen MR) is 66.4 cm³/mol. The van der Waals surface area contributed by atoms with E-state index in [-0.39, 0.29) is 0 Å². The minimum atomic E-state index is 0.588. The maximum Gasteiger partial charge on any atom is 0.119 e. The summed E-state index contributed by atoms with van der Waals surface area (Å²) in [5.74, 6) is 2.70. The fourth-order valence-electron chi connectivity index (χ4n) is 1.22. The molecule has 0 spiro atoms. The van der Waals surface area contributed by atoms with Crippen molar-refractivity contribution in [3.05, 3.63) is 23.8 Å². The van der Waals surface area contributed by atoms with E-state index in [1.165, 1.54) is 10.5 Å². The molecule has 0 aliphatic heterocycles. The lowest BCUT2D eigenvalue weighted by Crippen LogP contribution is -2.00. The molecule has 0 radical (unpaired) electrons. The van der Waals surface area contributed by atoms with Crippen LogP contribution in [0.5, 0.6) is 5.75 Å². The van der Waals surface area contributed by atoms with Crippen molar-refractivity contribution in [3.8, 4) is 5.75 Å². The molecule has 1 aromatic carbocycles. The summed E-state index contributed by atoms with van der Waals surface area (Å²) < 4.78 is 5.21. The van der Waals surface area contributed by atoms with E-state index in [4.69, 9.17) is 10.5 Å². The number of nitrogens with two attached hydrogens (primary N) is 1. The molecule has 0 heterocycles. The van der Waals surface area contributed by atoms with E-state index in [2.05, 4.69) is 19.9 Å². The van der Waals surface area contributed by atoms with Crippen LogP contribution in [0.3, 0.4) is 0 Å². The van der Waals surface area contributed by atoms with E-state index in [1.807, 2.05) is 23.9 Å². The van der Waals surface area contributed by atoms with Gasteiger partial charge in [-0.2, -0.15) is 0 Å². The molecule has 0 unspecified atom stereocenters. The van der Waals surface area contributed by atoms with Crippen molar-refractivity contribution >= 4 is 11.8 Å². The molecule has 84 valence electrons. The molecule has 0 aromatic heterocycles. The maximum absolute atomic E-state index is 5.69. The van der Waals surface area contributed by atoms with Gasteiger partial charge < -0.3 is 10.5 Å². The molecule has 2 N–H and O–H groups in total. The minimum absolute atomic E-state index is 0.588. The van der Waals surface area contributed by atoms with Gasteiger partial charge in [0, 0.05) is 17.2 Å². The Hall–Kier alpha value is -0.670. The van der Waals surface area contributed by atoms with E-state index < -0.39 is 0 Å². The molecule has 0 aliphatic rings. The summed E-state index contributed by atoms with van der Waals surface area (Å²) in [6, 6.07) is 6.07. The molecule has 1 aromatic rings. The zero-order valence-electron chi connectivity index (χ0n) is 9.62. The monoisotopic (exact) mass is 225 g/mol. The molecule has 0 atom stereocenters. The lowest BCUT2D eigenvalue weighted by molar-refractivity contribution is 0.413. The van der Waals surface area contributed by atoms with Crippen LogP contribution in [0.1, 0.15) is 19.4 Å². The molecular formula is C12H19NOS. The van der Waals surface area contributed by atoms with Crippen molar-refractivity contribution in [3.63, 3.8) is 0 Å². The minimum Gasteiger partial charge on any atom is -0.497 e. The predicted octanol–water partition coefficient (Wildman–Crippen LogP) is 2.90. The third-order valence-electron chi connectivity index (χ3n) is 2.07. The van der Waals surface area contributed by atoms with Gasteiger partial charge in [0.15, 0.2) is 0 Å². The largest absolute Gasteiger partial charge is 0.497 e. The van der Waals surface area contributed by atoms with Gasteiger partial charge in [-0.1, -0.05) is 19.9 Å². The number of benzene rings is 1. The Balaban J connectivity index is 2.81. The van der Waals surface area contributed by atoms with E-state index in [9.17, 15) is 0 Å². The lowest BCUT2D eigenvalue weighted by Gasteiger charge is -2.10. The molecule has 0 bridgehead atoms. The Morgan fingerprint density at radius 2 is 2.13 bits per heavy atom. The Morgan fingerprint density at radius 3 is 2.67 bits per heavy atom. The molecule has 2 nitrogen and oxygen atoms in total. The number of methoxy groups -OCH3 is 1. The Bertz CT molecular complexity index is 312. The van der Waals surface area contributed by atoms with Crippen LogP contribution in [0.25, 0.3) is 0 Å². The van der Waals surface area contributed by atoms with Crippen molar-refractivity contribution in [1.82, 2.24) is 0 Å². The molecule has 3 heteroatoms. The highest BCUT2D eigenvalue weighted by molar-refractivity contribution is 7.99. The third kappa shape index (κ3) is 3.76. The Kier molecular flexibility index (Phi) is 4.99. The Morgan fingerprint density at radius 1 is 1.40 bits per heavy atom. The highest BCUT2D eigenvalue weighted by Crippen LogP contribution is 2.28. The first-order chi connectivity index (χ1) is 7.17. The average Bonchev–Trinajstić information content (AvgIpc) is 2.25. The zero-order chi connectivity index (χ0) is 11.3. The average molecular weight is 225 g/mol. The van der Waals surface area contributed by atoms with Crippen LogP contribution in [0, 0.1) is 5.92 Å². The van der Waals surface area contributed by atoms with E-state index in [1.54, 1.807) is 7.11 Å². The molecule has 0 fully saturated rings. The zero-order valence-corrected chi connectivity index (χ0v) is 10.4. The van der Waals surface area contributed by atoms with Crippen molar-refractivity contribution in [2.45, 2.75) is 25.3 Å². The van der Waals surface area contributed by atoms with Crippen LogP contribution >= 0.6 is 11.8 Å². The van der Waals surface area contributed by atoms with Crippen LogP contribution in [-0.4, -0.2) is 12.9 Å². The summed E-state index contributed by atoms with van der Waals surface area (Å²) in [6.45, 7) is 5.02. The highest BCUT2D eigenvalue weighted by atomic mass is 32.2. The Labute approximate surface area is 96.2 Å². The number of ether oxygens (including phenoxy) is 1. The van der Waals surface area contributed by atoms with Crippen LogP contribution in [-0.2, 0) is 6.54 Å². The first-order valence-electron chi connectivity index (χ1n) is 5.17. The van der Waals surface area contributed by atoms with Crippen LogP contribution in [0.2, 0.25) is 0 Å². The summed E-state index contributed by atoms with van der Waals surface area (Å²) in [5, 5.41) is 0. The molecule has 0 saturated heterocycles. The van der Waals surface area contributed by atoms with Gasteiger partial charge >= 0.3 is 0 Å². The van der Waals surface area contributed by atoms with Crippen molar-refractivity contribution in [2.24, 2.45) is 11.7 Å². The summed E-state index contributed by atoms with van der Waals surface area (Å²) in [6.07, 6.45) is 0. The van der Waals surface area contributed by atoms with Crippen molar-refractivity contribution < 1.29 is 4.74 Å². The molecular weight excluding hydrogens is 206 g/mol. The number of rotatable bonds is 5. The van der Waals surface area contributed by atoms with Gasteiger partial charge in [0.05, 0.1) is 7.11 Å². The molecule has 0 aliphatic carbocycles. The van der Waals surface area contributed by atoms with Gasteiger partial charge in [0.2, 0.25) is 0 Å².